The summed E-state index contributed by atoms with van der Waals surface area (Å²) in [6.07, 6.45) is 12.6. The number of carbonyl (C=O) groups is 5. The summed E-state index contributed by atoms with van der Waals surface area (Å²) < 4.78 is 6.10. The Balaban J connectivity index is 0.000000208. The molecule has 0 radical (unpaired) electrons. The molecule has 6 aliphatic carbocycles. The molecule has 7 aliphatic rings. The Morgan fingerprint density at radius 3 is 2.17 bits per heavy atom. The molecular weight excluding hydrogens is 1090 g/mol. The van der Waals surface area contributed by atoms with Crippen LogP contribution in [0.2, 0.25) is 0 Å². The molecular formula is C72H103N5O10. The molecule has 1 aromatic heterocycles. The Labute approximate surface area is 518 Å². The van der Waals surface area contributed by atoms with Gasteiger partial charge in [-0.15, -0.1) is 0 Å². The number of allylic oxidation sites excluding steroid dienone is 1. The Morgan fingerprint density at radius 2 is 1.51 bits per heavy atom. The first-order valence-electron chi connectivity index (χ1n) is 32.6. The van der Waals surface area contributed by atoms with Gasteiger partial charge in [-0.25, -0.2) is 0 Å². The minimum atomic E-state index is -1.15. The number of rotatable bonds is 17. The molecule has 476 valence electrons. The fourth-order valence-electron chi connectivity index (χ4n) is 18.9. The lowest BCUT2D eigenvalue weighted by molar-refractivity contribution is -0.250. The van der Waals surface area contributed by atoms with Gasteiger partial charge >= 0.3 is 17.9 Å². The number of nitrogens with one attached hydrogen (secondary N) is 2. The standard InChI is InChI=1S/C36H47N5O4.C36H56O6/c1-36(2,3)39-35(45)31-24-40(22-26-12-9-15-37-21-26)16-17-41(31)23-29(42)19-28(18-25-10-5-4-6-11-25)34(44)38-33-30-14-8-7-13-27(30)20-32(33)43;1-21(2)22-12-17-36(30(40)41)19-18-34(8)23(28(22)36)10-11-25-33(7)15-14-26(42-27(37)20-31(3,4)29(38)39)32(5,6)24(33)13-16-35(25,34)9/h4-15,21,28-29,31-33,42-43H,16-20,22-24H2,1-3H3,(H,38,44)(H,39,45);22-26,28H,1,10-20H2,2-9H3,(H,38,39)(H,40,41)/t28-,29+,31+,32-,33+;22-,23+,24-,25+,26-,28+,33-,34+,35+,36-/m10/s1. The molecule has 3 aromatic rings. The smallest absolute Gasteiger partial charge is 0.309 e. The fourth-order valence-corrected chi connectivity index (χ4v) is 18.9. The number of carboxylic acid groups (broad SMARTS) is 2. The number of pyridine rings is 1. The highest BCUT2D eigenvalue weighted by atomic mass is 16.5. The topological polar surface area (TPSA) is 219 Å². The molecule has 0 unspecified atom stereocenters. The third-order valence-electron chi connectivity index (χ3n) is 23.6. The summed E-state index contributed by atoms with van der Waals surface area (Å²) >= 11 is 0. The quantitative estimate of drug-likeness (QED) is 0.0548. The van der Waals surface area contributed by atoms with Gasteiger partial charge in [-0.3, -0.25) is 38.8 Å². The zero-order valence-electron chi connectivity index (χ0n) is 54.1. The first-order chi connectivity index (χ1) is 40.8. The molecule has 5 saturated carbocycles. The van der Waals surface area contributed by atoms with Gasteiger partial charge < -0.3 is 35.8 Å². The highest BCUT2D eigenvalue weighted by molar-refractivity contribution is 5.83. The van der Waals surface area contributed by atoms with Crippen molar-refractivity contribution in [3.05, 3.63) is 114 Å². The Morgan fingerprint density at radius 1 is 0.805 bits per heavy atom. The molecule has 15 atom stereocenters. The SMILES string of the molecule is C=C(C)[C@@H]1CC[C@]2(C(=O)O)CC[C@]3(C)[C@H](CC[C@@H]4[C@@]5(C)CC[C@H](OC(=O)CC(C)(C)C(=O)O)C(C)(C)[C@@H]5CC[C@]43C)[C@@H]12.CC(C)(C)NC(=O)[C@@H]1CN(Cc2cccnc2)CCN1C[C@@H](O)C[C@@H](Cc1ccccc1)C(=O)N[C@H]1c2ccccc2C[C@H]1O. The van der Waals surface area contributed by atoms with Crippen LogP contribution < -0.4 is 10.6 Å². The first kappa shape index (κ1) is 66.0. The van der Waals surface area contributed by atoms with Crippen molar-refractivity contribution in [3.8, 4) is 0 Å². The van der Waals surface area contributed by atoms with Gasteiger partial charge in [0.15, 0.2) is 0 Å². The van der Waals surface area contributed by atoms with E-state index in [0.29, 0.717) is 56.1 Å². The second kappa shape index (κ2) is 25.4. The average molecular weight is 1200 g/mol. The van der Waals surface area contributed by atoms with Crippen LogP contribution >= 0.6 is 0 Å². The van der Waals surface area contributed by atoms with Gasteiger partial charge in [-0.2, -0.15) is 0 Å². The number of fused-ring (bicyclic) bond motifs is 8. The number of carbonyl (C=O) groups excluding carboxylic acids is 3. The van der Waals surface area contributed by atoms with E-state index in [2.05, 4.69) is 73.5 Å². The summed E-state index contributed by atoms with van der Waals surface area (Å²) in [5, 5.41) is 48.6. The van der Waals surface area contributed by atoms with Crippen molar-refractivity contribution >= 4 is 29.7 Å². The normalized spacial score (nSPS) is 33.5. The van der Waals surface area contributed by atoms with E-state index in [-0.39, 0.29) is 64.9 Å². The van der Waals surface area contributed by atoms with Gasteiger partial charge in [-0.1, -0.05) is 107 Å². The maximum Gasteiger partial charge on any atom is 0.309 e. The predicted molar refractivity (Wildman–Crippen MR) is 337 cm³/mol. The van der Waals surface area contributed by atoms with Gasteiger partial charge in [0.1, 0.15) is 12.1 Å². The zero-order chi connectivity index (χ0) is 63.2. The fraction of sp³-hybridized carbons (Fsp3) is 0.667. The molecule has 2 amide bonds. The number of aliphatic carboxylic acids is 2. The average Bonchev–Trinajstić information content (AvgIpc) is 1.54. The summed E-state index contributed by atoms with van der Waals surface area (Å²) in [7, 11) is 0. The Kier molecular flexibility index (Phi) is 19.3. The lowest BCUT2D eigenvalue weighted by atomic mass is 9.32. The maximum absolute atomic E-state index is 13.8. The molecule has 10 rings (SSSR count). The summed E-state index contributed by atoms with van der Waals surface area (Å²) in [5.41, 5.74) is 3.20. The number of benzene rings is 2. The lowest BCUT2D eigenvalue weighted by Crippen LogP contribution is -2.67. The second-order valence-corrected chi connectivity index (χ2v) is 30.9. The monoisotopic (exact) mass is 1200 g/mol. The predicted octanol–water partition coefficient (Wildman–Crippen LogP) is 11.0. The van der Waals surface area contributed by atoms with Crippen molar-refractivity contribution in [2.24, 2.45) is 68.0 Å². The summed E-state index contributed by atoms with van der Waals surface area (Å²) in [5.74, 6) is -0.947. The van der Waals surface area contributed by atoms with Gasteiger partial charge in [-0.05, 0) is 193 Å². The molecule has 0 spiro atoms. The number of hydrogen-bond acceptors (Lipinski definition) is 11. The highest BCUT2D eigenvalue weighted by Crippen LogP contribution is 2.77. The van der Waals surface area contributed by atoms with E-state index in [0.717, 1.165) is 98.6 Å². The molecule has 15 nitrogen and oxygen atoms in total. The number of carboxylic acids is 2. The number of amides is 2. The third kappa shape index (κ3) is 13.3. The molecule has 0 bridgehead atoms. The molecule has 1 saturated heterocycles. The number of β-amino-alcohol motifs (C(OH)–C–C–N with tert-alkyl or cyclic N) is 1. The van der Waals surface area contributed by atoms with Crippen LogP contribution in [0.3, 0.4) is 0 Å². The molecule has 15 heteroatoms. The second-order valence-electron chi connectivity index (χ2n) is 30.9. The van der Waals surface area contributed by atoms with Crippen LogP contribution in [0.15, 0.2) is 91.3 Å². The van der Waals surface area contributed by atoms with Crippen molar-refractivity contribution in [3.63, 3.8) is 0 Å². The van der Waals surface area contributed by atoms with E-state index in [1.54, 1.807) is 20.0 Å². The zero-order valence-corrected chi connectivity index (χ0v) is 54.1. The Hall–Kier alpha value is -5.48. The van der Waals surface area contributed by atoms with Crippen LogP contribution in [0.5, 0.6) is 0 Å². The van der Waals surface area contributed by atoms with Crippen molar-refractivity contribution < 1.29 is 49.1 Å². The first-order valence-corrected chi connectivity index (χ1v) is 32.6. The number of piperazine rings is 1. The van der Waals surface area contributed by atoms with Gasteiger partial charge in [0.2, 0.25) is 11.8 Å². The number of aromatic nitrogens is 1. The molecule has 6 N–H and O–H groups in total. The maximum atomic E-state index is 13.8. The van der Waals surface area contributed by atoms with Gasteiger partial charge in [0.05, 0.1) is 35.5 Å². The largest absolute Gasteiger partial charge is 0.481 e. The Bertz CT molecular complexity index is 2980. The van der Waals surface area contributed by atoms with Crippen LogP contribution in [0, 0.1) is 68.0 Å². The molecule has 87 heavy (non-hydrogen) atoms. The highest BCUT2D eigenvalue weighted by Gasteiger charge is 2.72. The minimum absolute atomic E-state index is 0.0712. The van der Waals surface area contributed by atoms with Crippen molar-refractivity contribution in [2.45, 2.75) is 209 Å². The number of aliphatic hydroxyl groups excluding tert-OH is 2. The number of aliphatic hydroxyl groups is 2. The van der Waals surface area contributed by atoms with Gasteiger partial charge in [0.25, 0.3) is 0 Å². The van der Waals surface area contributed by atoms with Crippen LogP contribution in [0.25, 0.3) is 0 Å². The summed E-state index contributed by atoms with van der Waals surface area (Å²) in [6, 6.07) is 20.6. The van der Waals surface area contributed by atoms with Crippen molar-refractivity contribution in [2.75, 3.05) is 26.2 Å². The number of nitrogens with zero attached hydrogens (tertiary/aromatic N) is 3. The van der Waals surface area contributed by atoms with Crippen LogP contribution in [0.4, 0.5) is 0 Å². The molecule has 1 aliphatic heterocycles. The van der Waals surface area contributed by atoms with E-state index in [9.17, 15) is 44.4 Å². The lowest BCUT2D eigenvalue weighted by Gasteiger charge is -2.72. The minimum Gasteiger partial charge on any atom is -0.481 e. The van der Waals surface area contributed by atoms with Crippen molar-refractivity contribution in [1.29, 1.82) is 0 Å². The molecule has 6 fully saturated rings. The molecule has 2 heterocycles. The molecule has 2 aromatic carbocycles. The van der Waals surface area contributed by atoms with E-state index in [4.69, 9.17) is 4.74 Å². The summed E-state index contributed by atoms with van der Waals surface area (Å²) in [4.78, 5) is 73.3. The summed E-state index contributed by atoms with van der Waals surface area (Å²) in [6.45, 7) is 30.5. The van der Waals surface area contributed by atoms with E-state index >= 15 is 0 Å². The van der Waals surface area contributed by atoms with E-state index < -0.39 is 64.5 Å². The van der Waals surface area contributed by atoms with Crippen molar-refractivity contribution in [1.82, 2.24) is 25.4 Å². The number of esters is 1. The third-order valence-corrected chi connectivity index (χ3v) is 23.6. The van der Waals surface area contributed by atoms with E-state index in [1.807, 2.05) is 93.7 Å². The van der Waals surface area contributed by atoms with Crippen LogP contribution in [0.1, 0.15) is 182 Å². The van der Waals surface area contributed by atoms with E-state index in [1.165, 1.54) is 0 Å². The van der Waals surface area contributed by atoms with Crippen LogP contribution in [-0.2, 0) is 48.1 Å². The number of hydrogen-bond donors (Lipinski definition) is 6. The van der Waals surface area contributed by atoms with Gasteiger partial charge in [0, 0.05) is 68.4 Å². The number of ether oxygens (including phenoxy) is 1. The van der Waals surface area contributed by atoms with Crippen LogP contribution in [-0.4, -0.2) is 121 Å².